The first kappa shape index (κ1) is 35.9. The monoisotopic (exact) mass is 571 g/mol. The Morgan fingerprint density at radius 2 is 1.18 bits per heavy atom. The number of nitrogens with two attached hydrogens (primary N) is 4. The molecular weight excluding hydrogens is 526 g/mol. The summed E-state index contributed by atoms with van der Waals surface area (Å²) in [5, 5.41) is 36.5. The Morgan fingerprint density at radius 3 is 1.62 bits per heavy atom. The van der Waals surface area contributed by atoms with Crippen molar-refractivity contribution in [2.75, 3.05) is 13.1 Å². The number of carbonyl (C=O) groups excluding carboxylic acids is 4. The summed E-state index contributed by atoms with van der Waals surface area (Å²) in [5.41, 5.74) is 21.6. The van der Waals surface area contributed by atoms with Crippen molar-refractivity contribution in [1.82, 2.24) is 26.6 Å². The number of hydrogen-bond donors (Lipinski definition) is 12. The van der Waals surface area contributed by atoms with Crippen LogP contribution in [0.3, 0.4) is 0 Å². The minimum atomic E-state index is -1.27. The van der Waals surface area contributed by atoms with Gasteiger partial charge in [0, 0.05) is 19.5 Å². The van der Waals surface area contributed by atoms with E-state index in [2.05, 4.69) is 26.6 Å². The first-order valence-electron chi connectivity index (χ1n) is 13.0. The van der Waals surface area contributed by atoms with E-state index in [4.69, 9.17) is 33.8 Å². The summed E-state index contributed by atoms with van der Waals surface area (Å²) < 4.78 is 0. The highest BCUT2D eigenvalue weighted by atomic mass is 16.4. The molecule has 0 aromatic carbocycles. The van der Waals surface area contributed by atoms with Crippen molar-refractivity contribution < 1.29 is 29.1 Å². The minimum Gasteiger partial charge on any atom is -0.480 e. The highest BCUT2D eigenvalue weighted by molar-refractivity contribution is 5.94. The normalized spacial score (nSPS) is 13.7. The second kappa shape index (κ2) is 19.0. The molecule has 0 bridgehead atoms. The van der Waals surface area contributed by atoms with E-state index in [1.807, 2.05) is 0 Å². The Labute approximate surface area is 233 Å². The molecule has 0 aromatic rings. The van der Waals surface area contributed by atoms with E-state index < -0.39 is 53.8 Å². The van der Waals surface area contributed by atoms with Crippen LogP contribution in [0, 0.1) is 16.7 Å². The van der Waals surface area contributed by atoms with Crippen LogP contribution in [-0.2, 0) is 24.0 Å². The standard InChI is InChI=1S/C23H45N11O6/c1-12(2)11-16(21(39)40)34-19(37)14(6-4-10-31-23(28)29)33-20(38)15(7-8-17(25)35)32-18(36)13(24)5-3-9-30-22(26)27/h12-16H,3-11,24H2,1-2H3,(H2,25,35)(H,32,36)(H,33,38)(H,34,37)(H,39,40)(H4,26,27,30)(H4,28,29,31)/t13-,14-,15-,16-/m0/s1. The van der Waals surface area contributed by atoms with Gasteiger partial charge in [0.25, 0.3) is 0 Å². The van der Waals surface area contributed by atoms with Crippen molar-refractivity contribution >= 4 is 41.5 Å². The van der Waals surface area contributed by atoms with Gasteiger partial charge in [0.2, 0.25) is 23.6 Å². The zero-order valence-electron chi connectivity index (χ0n) is 23.0. The molecule has 0 fully saturated rings. The Bertz CT molecular complexity index is 899. The lowest BCUT2D eigenvalue weighted by Crippen LogP contribution is -2.57. The van der Waals surface area contributed by atoms with Crippen molar-refractivity contribution in [3.63, 3.8) is 0 Å². The Kier molecular flexibility index (Phi) is 17.0. The van der Waals surface area contributed by atoms with Crippen LogP contribution in [0.25, 0.3) is 0 Å². The topological polar surface area (TPSA) is 318 Å². The predicted octanol–water partition coefficient (Wildman–Crippen LogP) is -3.31. The van der Waals surface area contributed by atoms with Gasteiger partial charge in [-0.3, -0.25) is 30.0 Å². The molecule has 0 aromatic heterocycles. The van der Waals surface area contributed by atoms with Crippen molar-refractivity contribution in [3.8, 4) is 0 Å². The van der Waals surface area contributed by atoms with Crippen molar-refractivity contribution in [2.24, 2.45) is 28.9 Å². The molecule has 0 rings (SSSR count). The van der Waals surface area contributed by atoms with Gasteiger partial charge in [0.05, 0.1) is 6.04 Å². The summed E-state index contributed by atoms with van der Waals surface area (Å²) >= 11 is 0. The largest absolute Gasteiger partial charge is 0.480 e. The van der Waals surface area contributed by atoms with Gasteiger partial charge in [-0.2, -0.15) is 0 Å². The molecule has 0 aliphatic heterocycles. The maximum absolute atomic E-state index is 13.2. The minimum absolute atomic E-state index is 0.0370. The fourth-order valence-corrected chi connectivity index (χ4v) is 3.55. The Morgan fingerprint density at radius 1 is 0.725 bits per heavy atom. The Hall–Kier alpha value is -4.15. The van der Waals surface area contributed by atoms with E-state index in [0.717, 1.165) is 0 Å². The molecule has 0 spiro atoms. The van der Waals surface area contributed by atoms with Crippen molar-refractivity contribution in [3.05, 3.63) is 0 Å². The maximum atomic E-state index is 13.2. The van der Waals surface area contributed by atoms with Gasteiger partial charge >= 0.3 is 5.97 Å². The van der Waals surface area contributed by atoms with Crippen LogP contribution in [-0.4, -0.2) is 83.9 Å². The number of carboxylic acids is 1. The van der Waals surface area contributed by atoms with Gasteiger partial charge < -0.3 is 54.6 Å². The fourth-order valence-electron chi connectivity index (χ4n) is 3.55. The molecule has 0 saturated heterocycles. The van der Waals surface area contributed by atoms with Crippen LogP contribution in [0.1, 0.15) is 58.8 Å². The van der Waals surface area contributed by atoms with Crippen LogP contribution < -0.4 is 49.5 Å². The number of carbonyl (C=O) groups is 5. The summed E-state index contributed by atoms with van der Waals surface area (Å²) in [6, 6.07) is -4.67. The summed E-state index contributed by atoms with van der Waals surface area (Å²) in [4.78, 5) is 61.9. The first-order chi connectivity index (χ1) is 18.6. The lowest BCUT2D eigenvalue weighted by molar-refractivity contribution is -0.142. The van der Waals surface area contributed by atoms with Gasteiger partial charge in [-0.1, -0.05) is 13.8 Å². The second-order valence-corrected chi connectivity index (χ2v) is 9.73. The third-order valence-electron chi connectivity index (χ3n) is 5.60. The molecule has 4 atom stereocenters. The summed E-state index contributed by atoms with van der Waals surface area (Å²) in [6.07, 6.45) is 0.676. The van der Waals surface area contributed by atoms with E-state index in [-0.39, 0.29) is 62.9 Å². The van der Waals surface area contributed by atoms with Gasteiger partial charge in [0.1, 0.15) is 18.1 Å². The molecule has 228 valence electrons. The number of hydrogen-bond acceptors (Lipinski definition) is 8. The van der Waals surface area contributed by atoms with Gasteiger partial charge in [-0.25, -0.2) is 4.79 Å². The number of guanidine groups is 2. The number of nitrogens with one attached hydrogen (secondary N) is 7. The smallest absolute Gasteiger partial charge is 0.326 e. The highest BCUT2D eigenvalue weighted by Gasteiger charge is 2.30. The lowest BCUT2D eigenvalue weighted by Gasteiger charge is -2.25. The van der Waals surface area contributed by atoms with Gasteiger partial charge in [-0.15, -0.1) is 0 Å². The molecule has 4 amide bonds. The molecular formula is C23H45N11O6. The quantitative estimate of drug-likeness (QED) is 0.0390. The predicted molar refractivity (Wildman–Crippen MR) is 148 cm³/mol. The molecule has 17 nitrogen and oxygen atoms in total. The SMILES string of the molecule is CC(C)C[C@H](NC(=O)[C@H](CCCNC(=N)N)NC(=O)[C@H](CCC(N)=O)NC(=O)[C@@H](N)CCCNC(=N)N)C(=O)O. The van der Waals surface area contributed by atoms with E-state index >= 15 is 0 Å². The third-order valence-corrected chi connectivity index (χ3v) is 5.60. The average Bonchev–Trinajstić information content (AvgIpc) is 2.84. The highest BCUT2D eigenvalue weighted by Crippen LogP contribution is 2.08. The van der Waals surface area contributed by atoms with E-state index in [1.165, 1.54) is 0 Å². The number of carboxylic acid groups (broad SMARTS) is 1. The molecule has 0 heterocycles. The molecule has 17 heteroatoms. The van der Waals surface area contributed by atoms with Gasteiger partial charge in [0.15, 0.2) is 11.9 Å². The first-order valence-corrected chi connectivity index (χ1v) is 13.0. The molecule has 40 heavy (non-hydrogen) atoms. The van der Waals surface area contributed by atoms with Crippen LogP contribution in [0.5, 0.6) is 0 Å². The molecule has 0 unspecified atom stereocenters. The second-order valence-electron chi connectivity index (χ2n) is 9.73. The summed E-state index contributed by atoms with van der Waals surface area (Å²) in [7, 11) is 0. The van der Waals surface area contributed by atoms with Crippen LogP contribution in [0.15, 0.2) is 0 Å². The van der Waals surface area contributed by atoms with Crippen molar-refractivity contribution in [2.45, 2.75) is 83.0 Å². The van der Waals surface area contributed by atoms with E-state index in [1.54, 1.807) is 13.8 Å². The fraction of sp³-hybridized carbons (Fsp3) is 0.696. The lowest BCUT2D eigenvalue weighted by atomic mass is 10.0. The zero-order chi connectivity index (χ0) is 30.8. The van der Waals surface area contributed by atoms with Crippen LogP contribution in [0.4, 0.5) is 0 Å². The maximum Gasteiger partial charge on any atom is 0.326 e. The number of amides is 4. The molecule has 0 saturated carbocycles. The van der Waals surface area contributed by atoms with Gasteiger partial charge in [-0.05, 0) is 44.4 Å². The molecule has 16 N–H and O–H groups in total. The molecule has 0 aliphatic rings. The summed E-state index contributed by atoms with van der Waals surface area (Å²) in [6.45, 7) is 4.11. The molecule has 0 radical (unpaired) electrons. The summed E-state index contributed by atoms with van der Waals surface area (Å²) in [5.74, 6) is -4.72. The van der Waals surface area contributed by atoms with Crippen LogP contribution in [0.2, 0.25) is 0 Å². The number of rotatable bonds is 20. The Balaban J connectivity index is 5.59. The third kappa shape index (κ3) is 16.6. The van der Waals surface area contributed by atoms with Crippen LogP contribution >= 0.6 is 0 Å². The van der Waals surface area contributed by atoms with Crippen molar-refractivity contribution in [1.29, 1.82) is 10.8 Å². The molecule has 0 aliphatic carbocycles. The average molecular weight is 572 g/mol. The van der Waals surface area contributed by atoms with E-state index in [9.17, 15) is 29.1 Å². The van der Waals surface area contributed by atoms with E-state index in [0.29, 0.717) is 13.0 Å². The number of aliphatic carboxylic acids is 1. The zero-order valence-corrected chi connectivity index (χ0v) is 23.0. The number of primary amides is 1.